The van der Waals surface area contributed by atoms with Gasteiger partial charge in [-0.25, -0.2) is 24.3 Å². The average molecular weight is 518 g/mol. The third-order valence-electron chi connectivity index (χ3n) is 3.52. The molecule has 2 aromatic heterocycles. The van der Waals surface area contributed by atoms with E-state index >= 15 is 0 Å². The first-order chi connectivity index (χ1) is 12.8. The lowest BCUT2D eigenvalue weighted by molar-refractivity contribution is 0.551. The number of hydrogen-bond acceptors (Lipinski definition) is 5. The van der Waals surface area contributed by atoms with Gasteiger partial charge in [-0.05, 0) is 61.2 Å². The molecule has 1 N–H and O–H groups in total. The summed E-state index contributed by atoms with van der Waals surface area (Å²) in [6.45, 7) is 4.85. The number of hydrogen-bond donors (Lipinski definition) is 1. The normalized spacial score (nSPS) is 10.7. The van der Waals surface area contributed by atoms with Crippen LogP contribution in [0, 0.1) is 5.82 Å². The largest absolute Gasteiger partial charge is 0.353 e. The lowest BCUT2D eigenvalue weighted by Crippen LogP contribution is -2.28. The highest BCUT2D eigenvalue weighted by atomic mass is 79.9. The summed E-state index contributed by atoms with van der Waals surface area (Å²) in [5.41, 5.74) is 0.933. The molecule has 0 aliphatic heterocycles. The van der Waals surface area contributed by atoms with Gasteiger partial charge < -0.3 is 5.32 Å². The predicted molar refractivity (Wildman–Crippen MR) is 112 cm³/mol. The fourth-order valence-electron chi connectivity index (χ4n) is 2.00. The minimum Gasteiger partial charge on any atom is -0.353 e. The summed E-state index contributed by atoms with van der Waals surface area (Å²) < 4.78 is 14.6. The Kier molecular flexibility index (Phi) is 8.07. The van der Waals surface area contributed by atoms with E-state index in [0.717, 1.165) is 14.5 Å². The summed E-state index contributed by atoms with van der Waals surface area (Å²) >= 11 is 11.8. The lowest BCUT2D eigenvalue weighted by atomic mass is 9.84. The van der Waals surface area contributed by atoms with Crippen LogP contribution >= 0.6 is 43.5 Å². The van der Waals surface area contributed by atoms with Crippen molar-refractivity contribution in [3.63, 3.8) is 0 Å². The zero-order chi connectivity index (χ0) is 19.9. The predicted octanol–water partition coefficient (Wildman–Crippen LogP) is 5.66. The van der Waals surface area contributed by atoms with Gasteiger partial charge in [-0.15, -0.1) is 0 Å². The van der Waals surface area contributed by atoms with Crippen molar-refractivity contribution >= 4 is 49.4 Å². The molecule has 27 heavy (non-hydrogen) atoms. The number of benzene rings is 1. The minimum absolute atomic E-state index is 0.135. The average Bonchev–Trinajstić information content (AvgIpc) is 2.65. The van der Waals surface area contributed by atoms with E-state index in [9.17, 15) is 4.39 Å². The Hall–Kier alpha value is -1.64. The van der Waals surface area contributed by atoms with Crippen LogP contribution in [0.15, 0.2) is 58.0 Å². The van der Waals surface area contributed by atoms with Crippen molar-refractivity contribution in [1.82, 2.24) is 19.9 Å². The molecule has 0 saturated heterocycles. The molecule has 0 bridgehead atoms. The van der Waals surface area contributed by atoms with E-state index in [2.05, 4.69) is 71.0 Å². The van der Waals surface area contributed by atoms with Crippen LogP contribution in [0.2, 0.25) is 5.28 Å². The Balaban J connectivity index is 0.000000273. The quantitative estimate of drug-likeness (QED) is 0.453. The van der Waals surface area contributed by atoms with Crippen LogP contribution in [0.1, 0.15) is 19.4 Å². The van der Waals surface area contributed by atoms with Crippen molar-refractivity contribution < 1.29 is 4.39 Å². The highest BCUT2D eigenvalue weighted by Gasteiger charge is 2.20. The molecule has 3 aromatic rings. The minimum atomic E-state index is -0.219. The van der Waals surface area contributed by atoms with Gasteiger partial charge in [-0.3, -0.25) is 0 Å². The molecule has 0 aliphatic carbocycles. The van der Waals surface area contributed by atoms with Crippen molar-refractivity contribution in [3.05, 3.63) is 74.7 Å². The molecule has 0 fully saturated rings. The van der Waals surface area contributed by atoms with Gasteiger partial charge in [-0.2, -0.15) is 0 Å². The zero-order valence-corrected chi connectivity index (χ0v) is 18.6. The Morgan fingerprint density at radius 3 is 1.89 bits per heavy atom. The van der Waals surface area contributed by atoms with E-state index in [0.29, 0.717) is 12.5 Å². The Morgan fingerprint density at radius 2 is 1.41 bits per heavy atom. The zero-order valence-electron chi connectivity index (χ0n) is 14.6. The second kappa shape index (κ2) is 10.1. The molecule has 0 atom stereocenters. The molecular formula is C18H17Br2ClFN5. The highest BCUT2D eigenvalue weighted by Crippen LogP contribution is 2.23. The molecule has 1 aromatic carbocycles. The third-order valence-corrected chi connectivity index (χ3v) is 4.54. The first kappa shape index (κ1) is 21.7. The molecule has 0 amide bonds. The second-order valence-electron chi connectivity index (χ2n) is 6.14. The number of rotatable bonds is 4. The van der Waals surface area contributed by atoms with Crippen molar-refractivity contribution in [1.29, 1.82) is 0 Å². The van der Waals surface area contributed by atoms with Crippen molar-refractivity contribution in [3.8, 4) is 0 Å². The SMILES string of the molecule is CC(C)(CNc1ncc(Br)cn1)c1ccc(F)cc1.Clc1ncc(Br)cn1. The topological polar surface area (TPSA) is 63.6 Å². The van der Waals surface area contributed by atoms with Crippen LogP contribution in [0.25, 0.3) is 0 Å². The summed E-state index contributed by atoms with van der Waals surface area (Å²) in [5.74, 6) is 0.363. The summed E-state index contributed by atoms with van der Waals surface area (Å²) in [6, 6.07) is 6.57. The van der Waals surface area contributed by atoms with Crippen molar-refractivity contribution in [2.45, 2.75) is 19.3 Å². The van der Waals surface area contributed by atoms with Gasteiger partial charge in [0.2, 0.25) is 11.2 Å². The van der Waals surface area contributed by atoms with Crippen LogP contribution in [-0.2, 0) is 5.41 Å². The lowest BCUT2D eigenvalue weighted by Gasteiger charge is -2.25. The van der Waals surface area contributed by atoms with Gasteiger partial charge in [0.1, 0.15) is 5.82 Å². The van der Waals surface area contributed by atoms with E-state index in [1.165, 1.54) is 12.1 Å². The highest BCUT2D eigenvalue weighted by molar-refractivity contribution is 9.10. The van der Waals surface area contributed by atoms with Gasteiger partial charge in [0.15, 0.2) is 0 Å². The summed E-state index contributed by atoms with van der Waals surface area (Å²) in [4.78, 5) is 15.7. The first-order valence-electron chi connectivity index (χ1n) is 7.87. The second-order valence-corrected chi connectivity index (χ2v) is 8.31. The number of aromatic nitrogens is 4. The van der Waals surface area contributed by atoms with E-state index in [4.69, 9.17) is 11.6 Å². The van der Waals surface area contributed by atoms with E-state index in [1.54, 1.807) is 36.9 Å². The molecule has 0 unspecified atom stereocenters. The molecule has 0 radical (unpaired) electrons. The fraction of sp³-hybridized carbons (Fsp3) is 0.222. The standard InChI is InChI=1S/C14H15BrFN3.C4H2BrClN2/c1-14(2,10-3-5-12(16)6-4-10)9-19-13-17-7-11(15)8-18-13;5-3-1-7-4(6)8-2-3/h3-8H,9H2,1-2H3,(H,17,18,19);1-2H. The Morgan fingerprint density at radius 1 is 0.926 bits per heavy atom. The van der Waals surface area contributed by atoms with Crippen LogP contribution in [0.4, 0.5) is 10.3 Å². The van der Waals surface area contributed by atoms with Crippen LogP contribution < -0.4 is 5.32 Å². The van der Waals surface area contributed by atoms with Crippen molar-refractivity contribution in [2.75, 3.05) is 11.9 Å². The summed E-state index contributed by atoms with van der Waals surface area (Å²) in [6.07, 6.45) is 6.57. The monoisotopic (exact) mass is 515 g/mol. The third kappa shape index (κ3) is 7.48. The first-order valence-corrected chi connectivity index (χ1v) is 9.83. The van der Waals surface area contributed by atoms with Gasteiger partial charge in [-0.1, -0.05) is 26.0 Å². The summed E-state index contributed by atoms with van der Waals surface area (Å²) in [5, 5.41) is 3.46. The number of nitrogens with one attached hydrogen (secondary N) is 1. The molecule has 5 nitrogen and oxygen atoms in total. The van der Waals surface area contributed by atoms with E-state index < -0.39 is 0 Å². The van der Waals surface area contributed by atoms with Crippen LogP contribution in [-0.4, -0.2) is 26.5 Å². The maximum atomic E-state index is 12.9. The van der Waals surface area contributed by atoms with Gasteiger partial charge >= 0.3 is 0 Å². The Labute approximate surface area is 179 Å². The molecule has 9 heteroatoms. The van der Waals surface area contributed by atoms with Crippen molar-refractivity contribution in [2.24, 2.45) is 0 Å². The van der Waals surface area contributed by atoms with Gasteiger partial charge in [0, 0.05) is 36.7 Å². The van der Waals surface area contributed by atoms with E-state index in [-0.39, 0.29) is 16.5 Å². The molecule has 142 valence electrons. The summed E-state index contributed by atoms with van der Waals surface area (Å²) in [7, 11) is 0. The van der Waals surface area contributed by atoms with Gasteiger partial charge in [0.05, 0.1) is 8.95 Å². The maximum absolute atomic E-state index is 12.9. The molecule has 0 saturated carbocycles. The number of anilines is 1. The van der Waals surface area contributed by atoms with Crippen LogP contribution in [0.3, 0.4) is 0 Å². The molecule has 2 heterocycles. The molecular weight excluding hydrogens is 500 g/mol. The van der Waals surface area contributed by atoms with Crippen LogP contribution in [0.5, 0.6) is 0 Å². The molecule has 0 aliphatic rings. The Bertz CT molecular complexity index is 822. The smallest absolute Gasteiger partial charge is 0.222 e. The number of halogens is 4. The fourth-order valence-corrected chi connectivity index (χ4v) is 2.51. The number of nitrogens with zero attached hydrogens (tertiary/aromatic N) is 4. The molecule has 3 rings (SSSR count). The maximum Gasteiger partial charge on any atom is 0.222 e. The van der Waals surface area contributed by atoms with Gasteiger partial charge in [0.25, 0.3) is 0 Å². The molecule has 0 spiro atoms. The van der Waals surface area contributed by atoms with E-state index in [1.807, 2.05) is 0 Å².